The molecule has 0 fully saturated rings. The molecule has 4 aromatic carbocycles. The van der Waals surface area contributed by atoms with Gasteiger partial charge in [0, 0.05) is 16.2 Å². The number of hydrogen-bond acceptors (Lipinski definition) is 3. The van der Waals surface area contributed by atoms with E-state index in [1.807, 2.05) is 0 Å². The standard InChI is InChI=1S/C28H20N4/c1-28(2)25-18-8-4-3-7-17(18)11-12-19(25)20-13-14-23-24(26(20)28)21-9-5-6-10-22(21)32(23)27-30-15-29-16-31-27/h3-16H,1-2H3. The summed E-state index contributed by atoms with van der Waals surface area (Å²) in [6.45, 7) is 4.72. The number of benzene rings is 4. The van der Waals surface area contributed by atoms with E-state index in [2.05, 4.69) is 106 Å². The second kappa shape index (κ2) is 6.01. The van der Waals surface area contributed by atoms with Crippen LogP contribution in [0.2, 0.25) is 0 Å². The fourth-order valence-corrected chi connectivity index (χ4v) is 5.79. The molecule has 4 nitrogen and oxygen atoms in total. The van der Waals surface area contributed by atoms with E-state index in [-0.39, 0.29) is 5.41 Å². The zero-order chi connectivity index (χ0) is 21.4. The van der Waals surface area contributed by atoms with Gasteiger partial charge in [0.15, 0.2) is 0 Å². The largest absolute Gasteiger partial charge is 0.278 e. The molecular weight excluding hydrogens is 392 g/mol. The molecule has 0 spiro atoms. The number of rotatable bonds is 1. The van der Waals surface area contributed by atoms with Crippen LogP contribution >= 0.6 is 0 Å². The van der Waals surface area contributed by atoms with E-state index in [1.54, 1.807) is 12.7 Å². The Balaban J connectivity index is 1.67. The van der Waals surface area contributed by atoms with Gasteiger partial charge < -0.3 is 0 Å². The fourth-order valence-electron chi connectivity index (χ4n) is 5.79. The predicted octanol–water partition coefficient (Wildman–Crippen LogP) is 6.43. The smallest absolute Gasteiger partial charge is 0.237 e. The van der Waals surface area contributed by atoms with E-state index in [0.29, 0.717) is 5.95 Å². The molecule has 4 heteroatoms. The van der Waals surface area contributed by atoms with Crippen molar-refractivity contribution < 1.29 is 0 Å². The molecule has 1 aliphatic rings. The topological polar surface area (TPSA) is 43.6 Å². The lowest BCUT2D eigenvalue weighted by Crippen LogP contribution is -2.16. The number of para-hydroxylation sites is 1. The minimum atomic E-state index is -0.140. The first-order valence-electron chi connectivity index (χ1n) is 10.9. The summed E-state index contributed by atoms with van der Waals surface area (Å²) in [7, 11) is 0. The minimum Gasteiger partial charge on any atom is -0.278 e. The first kappa shape index (κ1) is 17.6. The van der Waals surface area contributed by atoms with Crippen LogP contribution in [0.4, 0.5) is 0 Å². The highest BCUT2D eigenvalue weighted by molar-refractivity contribution is 6.15. The van der Waals surface area contributed by atoms with Crippen molar-refractivity contribution in [3.63, 3.8) is 0 Å². The van der Waals surface area contributed by atoms with Gasteiger partial charge in [0.1, 0.15) is 12.7 Å². The maximum absolute atomic E-state index is 4.47. The molecule has 32 heavy (non-hydrogen) atoms. The summed E-state index contributed by atoms with van der Waals surface area (Å²) in [5, 5.41) is 5.13. The third-order valence-electron chi connectivity index (χ3n) is 6.99. The quantitative estimate of drug-likeness (QED) is 0.313. The maximum Gasteiger partial charge on any atom is 0.237 e. The van der Waals surface area contributed by atoms with Crippen LogP contribution in [0, 0.1) is 0 Å². The average molecular weight is 412 g/mol. The van der Waals surface area contributed by atoms with Gasteiger partial charge in [-0.3, -0.25) is 4.57 Å². The zero-order valence-electron chi connectivity index (χ0n) is 17.9. The highest BCUT2D eigenvalue weighted by Crippen LogP contribution is 2.54. The van der Waals surface area contributed by atoms with Crippen LogP contribution < -0.4 is 0 Å². The molecule has 2 heterocycles. The molecule has 0 N–H and O–H groups in total. The van der Waals surface area contributed by atoms with Crippen molar-refractivity contribution in [1.29, 1.82) is 0 Å². The van der Waals surface area contributed by atoms with Gasteiger partial charge >= 0.3 is 0 Å². The number of hydrogen-bond donors (Lipinski definition) is 0. The number of aromatic nitrogens is 4. The predicted molar refractivity (Wildman–Crippen MR) is 129 cm³/mol. The molecule has 0 saturated heterocycles. The Morgan fingerprint density at radius 1 is 0.656 bits per heavy atom. The van der Waals surface area contributed by atoms with Crippen LogP contribution in [0.15, 0.2) is 85.5 Å². The Hall–Kier alpha value is -4.05. The van der Waals surface area contributed by atoms with Crippen molar-refractivity contribution in [2.45, 2.75) is 19.3 Å². The lowest BCUT2D eigenvalue weighted by atomic mass is 9.78. The maximum atomic E-state index is 4.47. The van der Waals surface area contributed by atoms with Gasteiger partial charge in [-0.15, -0.1) is 0 Å². The summed E-state index contributed by atoms with van der Waals surface area (Å²) < 4.78 is 2.16. The monoisotopic (exact) mass is 412 g/mol. The third kappa shape index (κ3) is 2.09. The Labute approximate surface area is 185 Å². The molecule has 0 saturated carbocycles. The number of nitrogens with zero attached hydrogens (tertiary/aromatic N) is 4. The van der Waals surface area contributed by atoms with E-state index in [0.717, 1.165) is 11.0 Å². The second-order valence-corrected chi connectivity index (χ2v) is 9.01. The summed E-state index contributed by atoms with van der Waals surface area (Å²) >= 11 is 0. The fraction of sp³-hybridized carbons (Fsp3) is 0.107. The molecule has 0 atom stereocenters. The molecule has 0 bridgehead atoms. The van der Waals surface area contributed by atoms with Crippen LogP contribution in [0.5, 0.6) is 0 Å². The van der Waals surface area contributed by atoms with Crippen molar-refractivity contribution in [2.75, 3.05) is 0 Å². The highest BCUT2D eigenvalue weighted by atomic mass is 15.2. The van der Waals surface area contributed by atoms with Crippen molar-refractivity contribution in [3.05, 3.63) is 96.6 Å². The zero-order valence-corrected chi connectivity index (χ0v) is 17.9. The van der Waals surface area contributed by atoms with E-state index < -0.39 is 0 Å². The molecule has 0 amide bonds. The molecule has 0 radical (unpaired) electrons. The molecule has 0 unspecified atom stereocenters. The second-order valence-electron chi connectivity index (χ2n) is 9.01. The van der Waals surface area contributed by atoms with E-state index >= 15 is 0 Å². The highest BCUT2D eigenvalue weighted by Gasteiger charge is 2.39. The van der Waals surface area contributed by atoms with Gasteiger partial charge in [-0.2, -0.15) is 0 Å². The SMILES string of the molecule is CC1(C)c2c(ccc3ccccc23)-c2ccc3c(c21)c1ccccc1n3-c1ncncn1. The van der Waals surface area contributed by atoms with E-state index in [4.69, 9.17) is 0 Å². The van der Waals surface area contributed by atoms with Crippen LogP contribution in [-0.2, 0) is 5.41 Å². The van der Waals surface area contributed by atoms with E-state index in [1.165, 1.54) is 43.8 Å². The lowest BCUT2D eigenvalue weighted by molar-refractivity contribution is 0.672. The van der Waals surface area contributed by atoms with Crippen LogP contribution in [0.25, 0.3) is 49.7 Å². The van der Waals surface area contributed by atoms with Crippen molar-refractivity contribution in [3.8, 4) is 17.1 Å². The normalized spacial score (nSPS) is 14.2. The third-order valence-corrected chi connectivity index (χ3v) is 6.99. The van der Waals surface area contributed by atoms with Gasteiger partial charge in [-0.1, -0.05) is 74.5 Å². The summed E-state index contributed by atoms with van der Waals surface area (Å²) in [6, 6.07) is 26.3. The average Bonchev–Trinajstić information content (AvgIpc) is 3.29. The Kier molecular flexibility index (Phi) is 3.31. The first-order valence-corrected chi connectivity index (χ1v) is 10.9. The molecular formula is C28H20N4. The summed E-state index contributed by atoms with van der Waals surface area (Å²) in [5.74, 6) is 0.643. The molecule has 6 aromatic rings. The lowest BCUT2D eigenvalue weighted by Gasteiger charge is -2.24. The van der Waals surface area contributed by atoms with E-state index in [9.17, 15) is 0 Å². The van der Waals surface area contributed by atoms with Gasteiger partial charge in [-0.05, 0) is 45.2 Å². The summed E-state index contributed by atoms with van der Waals surface area (Å²) in [5.41, 5.74) is 7.55. The Morgan fingerprint density at radius 3 is 2.19 bits per heavy atom. The minimum absolute atomic E-state index is 0.140. The number of fused-ring (bicyclic) bond motifs is 9. The molecule has 2 aromatic heterocycles. The Bertz CT molecular complexity index is 1690. The molecule has 0 aliphatic heterocycles. The van der Waals surface area contributed by atoms with Crippen molar-refractivity contribution in [2.24, 2.45) is 0 Å². The van der Waals surface area contributed by atoms with Crippen LogP contribution in [-0.4, -0.2) is 19.5 Å². The molecule has 152 valence electrons. The van der Waals surface area contributed by atoms with Crippen molar-refractivity contribution >= 4 is 32.6 Å². The van der Waals surface area contributed by atoms with Crippen LogP contribution in [0.1, 0.15) is 25.0 Å². The summed E-state index contributed by atoms with van der Waals surface area (Å²) in [4.78, 5) is 13.0. The van der Waals surface area contributed by atoms with Gasteiger partial charge in [0.25, 0.3) is 0 Å². The summed E-state index contributed by atoms with van der Waals surface area (Å²) in [6.07, 6.45) is 3.12. The van der Waals surface area contributed by atoms with Gasteiger partial charge in [-0.25, -0.2) is 15.0 Å². The van der Waals surface area contributed by atoms with Gasteiger partial charge in [0.2, 0.25) is 5.95 Å². The van der Waals surface area contributed by atoms with Crippen molar-refractivity contribution in [1.82, 2.24) is 19.5 Å². The molecule has 7 rings (SSSR count). The molecule has 1 aliphatic carbocycles. The van der Waals surface area contributed by atoms with Crippen LogP contribution in [0.3, 0.4) is 0 Å². The first-order chi connectivity index (χ1) is 15.7. The van der Waals surface area contributed by atoms with Gasteiger partial charge in [0.05, 0.1) is 11.0 Å². The Morgan fingerprint density at radius 2 is 1.34 bits per heavy atom.